The molecule has 0 radical (unpaired) electrons. The monoisotopic (exact) mass is 506 g/mol. The zero-order valence-electron chi connectivity index (χ0n) is 15.2. The van der Waals surface area contributed by atoms with Crippen molar-refractivity contribution in [3.8, 4) is 0 Å². The molecule has 0 bridgehead atoms. The average molecular weight is 506 g/mol. The van der Waals surface area contributed by atoms with Crippen LogP contribution in [0.5, 0.6) is 0 Å². The summed E-state index contributed by atoms with van der Waals surface area (Å²) >= 11 is 0. The minimum atomic E-state index is -4.39. The highest BCUT2D eigenvalue weighted by molar-refractivity contribution is 14.0. The van der Waals surface area contributed by atoms with Crippen molar-refractivity contribution < 1.29 is 18.0 Å². The number of alkyl halides is 3. The highest BCUT2D eigenvalue weighted by Crippen LogP contribution is 2.29. The van der Waals surface area contributed by atoms with E-state index in [2.05, 4.69) is 20.9 Å². The van der Waals surface area contributed by atoms with Gasteiger partial charge in [-0.2, -0.15) is 13.2 Å². The zero-order chi connectivity index (χ0) is 19.7. The van der Waals surface area contributed by atoms with E-state index in [1.807, 2.05) is 25.1 Å². The van der Waals surface area contributed by atoms with Gasteiger partial charge in [0.2, 0.25) is 5.91 Å². The van der Waals surface area contributed by atoms with Crippen molar-refractivity contribution in [2.75, 3.05) is 18.4 Å². The van der Waals surface area contributed by atoms with Gasteiger partial charge in [-0.05, 0) is 36.8 Å². The molecule has 0 aliphatic carbocycles. The summed E-state index contributed by atoms with van der Waals surface area (Å²) in [7, 11) is 0. The number of amides is 1. The fourth-order valence-corrected chi connectivity index (χ4v) is 2.25. The Balaban J connectivity index is 0.00000392. The summed E-state index contributed by atoms with van der Waals surface area (Å²) in [6, 6.07) is 14.0. The first kappa shape index (κ1) is 23.7. The van der Waals surface area contributed by atoms with Crippen LogP contribution in [0.2, 0.25) is 0 Å². The molecular weight excluding hydrogens is 484 g/mol. The number of benzene rings is 2. The highest BCUT2D eigenvalue weighted by Gasteiger charge is 2.30. The number of carbonyl (C=O) groups is 1. The lowest BCUT2D eigenvalue weighted by atomic mass is 10.1. The van der Waals surface area contributed by atoms with Gasteiger partial charge in [0, 0.05) is 12.2 Å². The van der Waals surface area contributed by atoms with E-state index in [9.17, 15) is 18.0 Å². The topological polar surface area (TPSA) is 65.5 Å². The number of halogens is 4. The van der Waals surface area contributed by atoms with Crippen molar-refractivity contribution in [1.29, 1.82) is 0 Å². The van der Waals surface area contributed by atoms with Crippen molar-refractivity contribution in [3.63, 3.8) is 0 Å². The van der Waals surface area contributed by atoms with E-state index in [-0.39, 0.29) is 43.0 Å². The highest BCUT2D eigenvalue weighted by atomic mass is 127. The SMILES string of the molecule is CCNC(=NCc1cccc(C(F)(F)F)c1)NCC(=O)Nc1ccccc1.I. The van der Waals surface area contributed by atoms with Gasteiger partial charge in [-0.1, -0.05) is 30.3 Å². The molecule has 0 aliphatic heterocycles. The van der Waals surface area contributed by atoms with E-state index in [4.69, 9.17) is 0 Å². The van der Waals surface area contributed by atoms with Crippen LogP contribution in [0.15, 0.2) is 59.6 Å². The largest absolute Gasteiger partial charge is 0.416 e. The maximum absolute atomic E-state index is 12.8. The van der Waals surface area contributed by atoms with Crippen molar-refractivity contribution in [2.24, 2.45) is 4.99 Å². The molecule has 3 N–H and O–H groups in total. The fourth-order valence-electron chi connectivity index (χ4n) is 2.25. The predicted molar refractivity (Wildman–Crippen MR) is 115 cm³/mol. The molecule has 0 heterocycles. The number of hydrogen-bond acceptors (Lipinski definition) is 2. The quantitative estimate of drug-likeness (QED) is 0.315. The molecule has 9 heteroatoms. The number of anilines is 1. The molecular formula is C19H22F3IN4O. The first-order valence-corrected chi connectivity index (χ1v) is 8.41. The van der Waals surface area contributed by atoms with Crippen LogP contribution in [0.4, 0.5) is 18.9 Å². The normalized spacial score (nSPS) is 11.4. The van der Waals surface area contributed by atoms with Gasteiger partial charge in [0.15, 0.2) is 5.96 Å². The van der Waals surface area contributed by atoms with E-state index in [0.717, 1.165) is 12.1 Å². The second-order valence-corrected chi connectivity index (χ2v) is 5.66. The zero-order valence-corrected chi connectivity index (χ0v) is 17.5. The van der Waals surface area contributed by atoms with Crippen LogP contribution >= 0.6 is 24.0 Å². The Labute approximate surface area is 178 Å². The van der Waals surface area contributed by atoms with Gasteiger partial charge in [0.1, 0.15) is 0 Å². The molecule has 2 aromatic rings. The maximum Gasteiger partial charge on any atom is 0.416 e. The van der Waals surface area contributed by atoms with Gasteiger partial charge in [0.05, 0.1) is 18.7 Å². The first-order valence-electron chi connectivity index (χ1n) is 8.41. The van der Waals surface area contributed by atoms with Gasteiger partial charge in [-0.25, -0.2) is 4.99 Å². The molecule has 1 amide bonds. The Morgan fingerprint density at radius 2 is 1.75 bits per heavy atom. The summed E-state index contributed by atoms with van der Waals surface area (Å²) in [5, 5.41) is 8.54. The second kappa shape index (κ2) is 11.5. The minimum absolute atomic E-state index is 0. The fraction of sp³-hybridized carbons (Fsp3) is 0.263. The number of aliphatic imine (C=N–C) groups is 1. The van der Waals surface area contributed by atoms with Crippen molar-refractivity contribution in [3.05, 3.63) is 65.7 Å². The average Bonchev–Trinajstić information content (AvgIpc) is 2.64. The van der Waals surface area contributed by atoms with Crippen LogP contribution < -0.4 is 16.0 Å². The number of guanidine groups is 1. The van der Waals surface area contributed by atoms with Gasteiger partial charge >= 0.3 is 6.18 Å². The van der Waals surface area contributed by atoms with E-state index in [1.165, 1.54) is 6.07 Å². The molecule has 28 heavy (non-hydrogen) atoms. The van der Waals surface area contributed by atoms with E-state index < -0.39 is 11.7 Å². The summed E-state index contributed by atoms with van der Waals surface area (Å²) in [4.78, 5) is 16.2. The number of hydrogen-bond donors (Lipinski definition) is 3. The number of carbonyl (C=O) groups excluding carboxylic acids is 1. The number of nitrogens with one attached hydrogen (secondary N) is 3. The Hall–Kier alpha value is -2.30. The molecule has 0 aliphatic rings. The molecule has 0 saturated carbocycles. The smallest absolute Gasteiger partial charge is 0.357 e. The molecule has 5 nitrogen and oxygen atoms in total. The van der Waals surface area contributed by atoms with E-state index in [1.54, 1.807) is 18.2 Å². The van der Waals surface area contributed by atoms with Crippen LogP contribution in [-0.4, -0.2) is 25.0 Å². The van der Waals surface area contributed by atoms with Crippen molar-refractivity contribution >= 4 is 41.5 Å². The van der Waals surface area contributed by atoms with Crippen LogP contribution in [0.3, 0.4) is 0 Å². The number of para-hydroxylation sites is 1. The summed E-state index contributed by atoms with van der Waals surface area (Å²) < 4.78 is 38.3. The third-order valence-electron chi connectivity index (χ3n) is 3.49. The Morgan fingerprint density at radius 3 is 2.39 bits per heavy atom. The summed E-state index contributed by atoms with van der Waals surface area (Å²) in [6.45, 7) is 2.43. The Kier molecular flexibility index (Phi) is 9.77. The first-order chi connectivity index (χ1) is 12.9. The van der Waals surface area contributed by atoms with Crippen LogP contribution in [-0.2, 0) is 17.5 Å². The Morgan fingerprint density at radius 1 is 1.04 bits per heavy atom. The summed E-state index contributed by atoms with van der Waals surface area (Å²) in [5.41, 5.74) is 0.390. The maximum atomic E-state index is 12.8. The lowest BCUT2D eigenvalue weighted by molar-refractivity contribution is -0.137. The lowest BCUT2D eigenvalue weighted by Gasteiger charge is -2.12. The molecule has 0 spiro atoms. The molecule has 0 fully saturated rings. The van der Waals surface area contributed by atoms with E-state index >= 15 is 0 Å². The molecule has 0 atom stereocenters. The second-order valence-electron chi connectivity index (χ2n) is 5.66. The van der Waals surface area contributed by atoms with Crippen molar-refractivity contribution in [1.82, 2.24) is 10.6 Å². The molecule has 0 saturated heterocycles. The number of nitrogens with zero attached hydrogens (tertiary/aromatic N) is 1. The standard InChI is InChI=1S/C19H21F3N4O.HI/c1-2-23-18(25-13-17(27)26-16-9-4-3-5-10-16)24-12-14-7-6-8-15(11-14)19(20,21)22;/h3-11H,2,12-13H2,1H3,(H,26,27)(H2,23,24,25);1H. The van der Waals surface area contributed by atoms with Gasteiger partial charge in [0.25, 0.3) is 0 Å². The predicted octanol–water partition coefficient (Wildman–Crippen LogP) is 4.02. The van der Waals surface area contributed by atoms with Gasteiger partial charge < -0.3 is 16.0 Å². The molecule has 0 aromatic heterocycles. The summed E-state index contributed by atoms with van der Waals surface area (Å²) in [5.74, 6) is 0.0870. The van der Waals surface area contributed by atoms with Gasteiger partial charge in [-0.15, -0.1) is 24.0 Å². The third kappa shape index (κ3) is 8.15. The summed E-state index contributed by atoms with van der Waals surface area (Å²) in [6.07, 6.45) is -4.39. The molecule has 152 valence electrons. The number of rotatable bonds is 6. The minimum Gasteiger partial charge on any atom is -0.357 e. The van der Waals surface area contributed by atoms with Crippen LogP contribution in [0.25, 0.3) is 0 Å². The third-order valence-corrected chi connectivity index (χ3v) is 3.49. The van der Waals surface area contributed by atoms with E-state index in [0.29, 0.717) is 23.8 Å². The lowest BCUT2D eigenvalue weighted by Crippen LogP contribution is -2.41. The van der Waals surface area contributed by atoms with Crippen LogP contribution in [0, 0.1) is 0 Å². The van der Waals surface area contributed by atoms with Gasteiger partial charge in [-0.3, -0.25) is 4.79 Å². The van der Waals surface area contributed by atoms with Crippen molar-refractivity contribution in [2.45, 2.75) is 19.6 Å². The Bertz CT molecular complexity index is 782. The molecule has 0 unspecified atom stereocenters. The van der Waals surface area contributed by atoms with Crippen LogP contribution in [0.1, 0.15) is 18.1 Å². The molecule has 2 rings (SSSR count). The molecule has 2 aromatic carbocycles.